The zero-order valence-corrected chi connectivity index (χ0v) is 38.9. The van der Waals surface area contributed by atoms with E-state index in [9.17, 15) is 9.59 Å². The molecule has 0 heterocycles. The Labute approximate surface area is 370 Å². The molecule has 0 aliphatic heterocycles. The Hall–Kier alpha value is -3.44. The molecule has 1 unspecified atom stereocenters. The van der Waals surface area contributed by atoms with Gasteiger partial charge in [0.2, 0.25) is 0 Å². The summed E-state index contributed by atoms with van der Waals surface area (Å²) in [6, 6.07) is 0. The van der Waals surface area contributed by atoms with E-state index in [0.29, 0.717) is 19.4 Å². The molecule has 0 aromatic rings. The zero-order chi connectivity index (χ0) is 43.5. The van der Waals surface area contributed by atoms with Crippen molar-refractivity contribution in [3.05, 3.63) is 109 Å². The molecule has 0 aliphatic carbocycles. The van der Waals surface area contributed by atoms with Gasteiger partial charge in [0, 0.05) is 19.4 Å². The van der Waals surface area contributed by atoms with Crippen molar-refractivity contribution in [3.8, 4) is 0 Å². The van der Waals surface area contributed by atoms with Gasteiger partial charge in [-0.3, -0.25) is 9.59 Å². The van der Waals surface area contributed by atoms with E-state index in [1.807, 2.05) is 0 Å². The van der Waals surface area contributed by atoms with Crippen LogP contribution in [-0.2, 0) is 23.8 Å². The van der Waals surface area contributed by atoms with Crippen LogP contribution in [-0.4, -0.2) is 37.9 Å². The molecule has 5 heteroatoms. The van der Waals surface area contributed by atoms with E-state index in [1.54, 1.807) is 0 Å². The number of carbonyl (C=O) groups is 2. The molecule has 5 nitrogen and oxygen atoms in total. The molecule has 0 fully saturated rings. The van der Waals surface area contributed by atoms with Crippen LogP contribution in [0.4, 0.5) is 0 Å². The van der Waals surface area contributed by atoms with Crippen LogP contribution >= 0.6 is 0 Å². The molecule has 0 bridgehead atoms. The van der Waals surface area contributed by atoms with Gasteiger partial charge in [0.25, 0.3) is 0 Å². The molecule has 0 aliphatic rings. The first-order chi connectivity index (χ1) is 29.6. The van der Waals surface area contributed by atoms with Crippen molar-refractivity contribution in [2.45, 2.75) is 207 Å². The summed E-state index contributed by atoms with van der Waals surface area (Å²) in [5, 5.41) is 0. The lowest BCUT2D eigenvalue weighted by Gasteiger charge is -2.18. The highest BCUT2D eigenvalue weighted by molar-refractivity contribution is 5.70. The lowest BCUT2D eigenvalue weighted by Crippen LogP contribution is -2.30. The van der Waals surface area contributed by atoms with Crippen molar-refractivity contribution in [3.63, 3.8) is 0 Å². The Morgan fingerprint density at radius 2 is 0.750 bits per heavy atom. The molecular weight excluding hydrogens is 741 g/mol. The Morgan fingerprint density at radius 1 is 0.383 bits per heavy atom. The molecular formula is C55H90O5. The van der Waals surface area contributed by atoms with Crippen LogP contribution in [0.25, 0.3) is 0 Å². The van der Waals surface area contributed by atoms with Crippen LogP contribution in [0.1, 0.15) is 201 Å². The molecule has 0 saturated carbocycles. The third kappa shape index (κ3) is 47.2. The van der Waals surface area contributed by atoms with Gasteiger partial charge in [0.15, 0.2) is 6.10 Å². The molecule has 60 heavy (non-hydrogen) atoms. The Morgan fingerprint density at radius 3 is 1.22 bits per heavy atom. The summed E-state index contributed by atoms with van der Waals surface area (Å²) in [6.07, 6.45) is 68.1. The second-order valence-electron chi connectivity index (χ2n) is 15.6. The highest BCUT2D eigenvalue weighted by Crippen LogP contribution is 2.12. The van der Waals surface area contributed by atoms with Crippen LogP contribution < -0.4 is 0 Å². The summed E-state index contributed by atoms with van der Waals surface area (Å²) in [6.45, 7) is 7.42. The average Bonchev–Trinajstić information content (AvgIpc) is 3.25. The third-order valence-electron chi connectivity index (χ3n) is 9.77. The summed E-state index contributed by atoms with van der Waals surface area (Å²) in [5.74, 6) is -0.461. The van der Waals surface area contributed by atoms with Gasteiger partial charge in [0.05, 0.1) is 6.61 Å². The van der Waals surface area contributed by atoms with Crippen molar-refractivity contribution < 1.29 is 23.8 Å². The van der Waals surface area contributed by atoms with E-state index in [4.69, 9.17) is 14.2 Å². The van der Waals surface area contributed by atoms with E-state index in [-0.39, 0.29) is 25.2 Å². The van der Waals surface area contributed by atoms with Gasteiger partial charge >= 0.3 is 11.9 Å². The van der Waals surface area contributed by atoms with Crippen molar-refractivity contribution in [1.82, 2.24) is 0 Å². The minimum Gasteiger partial charge on any atom is -0.462 e. The summed E-state index contributed by atoms with van der Waals surface area (Å²) in [5.41, 5.74) is 0. The van der Waals surface area contributed by atoms with E-state index in [0.717, 1.165) is 122 Å². The number of ether oxygens (including phenoxy) is 3. The molecule has 1 atom stereocenters. The summed E-state index contributed by atoms with van der Waals surface area (Å²) in [7, 11) is 0. The quantitative estimate of drug-likeness (QED) is 0.0348. The minimum absolute atomic E-state index is 0.0490. The number of hydrogen-bond donors (Lipinski definition) is 0. The maximum absolute atomic E-state index is 12.7. The van der Waals surface area contributed by atoms with E-state index in [2.05, 4.69) is 130 Å². The maximum Gasteiger partial charge on any atom is 0.306 e. The predicted molar refractivity (Wildman–Crippen MR) is 260 cm³/mol. The monoisotopic (exact) mass is 831 g/mol. The van der Waals surface area contributed by atoms with Crippen LogP contribution in [0.2, 0.25) is 0 Å². The molecule has 0 N–H and O–H groups in total. The van der Waals surface area contributed by atoms with Crippen molar-refractivity contribution in [2.24, 2.45) is 0 Å². The van der Waals surface area contributed by atoms with E-state index < -0.39 is 6.10 Å². The molecule has 0 aromatic heterocycles. The zero-order valence-electron chi connectivity index (χ0n) is 38.9. The topological polar surface area (TPSA) is 61.8 Å². The van der Waals surface area contributed by atoms with Crippen LogP contribution in [0.5, 0.6) is 0 Å². The van der Waals surface area contributed by atoms with Gasteiger partial charge in [-0.25, -0.2) is 0 Å². The number of rotatable bonds is 43. The number of allylic oxidation sites excluding steroid dienone is 18. The average molecular weight is 831 g/mol. The van der Waals surface area contributed by atoms with Gasteiger partial charge in [-0.05, 0) is 116 Å². The predicted octanol–water partition coefficient (Wildman–Crippen LogP) is 16.4. The minimum atomic E-state index is -0.576. The summed E-state index contributed by atoms with van der Waals surface area (Å²) >= 11 is 0. The van der Waals surface area contributed by atoms with Crippen molar-refractivity contribution in [1.29, 1.82) is 0 Å². The van der Waals surface area contributed by atoms with Crippen LogP contribution in [0, 0.1) is 0 Å². The van der Waals surface area contributed by atoms with Gasteiger partial charge in [0.1, 0.15) is 6.61 Å². The largest absolute Gasteiger partial charge is 0.462 e. The van der Waals surface area contributed by atoms with Crippen LogP contribution in [0.3, 0.4) is 0 Å². The van der Waals surface area contributed by atoms with Crippen molar-refractivity contribution >= 4 is 11.9 Å². The SMILES string of the molecule is CC/C=C\C/C=C\C/C=C\C/C=C\C/C=C\CCCCOCC(COC(=O)CCCCCCC/C=C\C/C=C\C/C=C\CC)OC(=O)CCCCCCC/C=C\CCCC. The third-order valence-corrected chi connectivity index (χ3v) is 9.77. The molecule has 0 amide bonds. The summed E-state index contributed by atoms with van der Waals surface area (Å²) in [4.78, 5) is 25.3. The standard InChI is InChI=1S/C55H90O5/c1-4-7-10-13-16-19-22-24-26-27-28-30-32-35-38-41-44-47-50-58-51-53(60-55(57)49-46-43-40-37-33-21-18-15-12-9-6-3)52-59-54(56)48-45-42-39-36-34-31-29-25-23-20-17-14-11-8-5-2/h7-8,10-11,15-20,24-26,28-30,35,38,53H,4-6,9,12-14,21-23,27,31-34,36-37,39-52H2,1-3H3/b10-7-,11-8-,18-15-,19-16-,20-17-,26-24-,29-25-,30-28-,38-35-. The summed E-state index contributed by atoms with van der Waals surface area (Å²) < 4.78 is 17.3. The van der Waals surface area contributed by atoms with Gasteiger partial charge < -0.3 is 14.2 Å². The second kappa shape index (κ2) is 49.9. The van der Waals surface area contributed by atoms with Crippen molar-refractivity contribution in [2.75, 3.05) is 19.8 Å². The Bertz CT molecular complexity index is 1210. The number of esters is 2. The smallest absolute Gasteiger partial charge is 0.306 e. The highest BCUT2D eigenvalue weighted by atomic mass is 16.6. The first kappa shape index (κ1) is 56.6. The Balaban J connectivity index is 4.39. The fraction of sp³-hybridized carbons (Fsp3) is 0.636. The maximum atomic E-state index is 12.7. The molecule has 340 valence electrons. The fourth-order valence-corrected chi connectivity index (χ4v) is 6.18. The Kier molecular flexibility index (Phi) is 47.1. The number of unbranched alkanes of at least 4 members (excludes halogenated alkanes) is 14. The van der Waals surface area contributed by atoms with Gasteiger partial charge in [-0.1, -0.05) is 182 Å². The normalized spacial score (nSPS) is 13.2. The first-order valence-electron chi connectivity index (χ1n) is 24.4. The van der Waals surface area contributed by atoms with E-state index >= 15 is 0 Å². The second-order valence-corrected chi connectivity index (χ2v) is 15.6. The number of hydrogen-bond acceptors (Lipinski definition) is 5. The molecule has 0 saturated heterocycles. The fourth-order valence-electron chi connectivity index (χ4n) is 6.18. The lowest BCUT2D eigenvalue weighted by molar-refractivity contribution is -0.163. The molecule has 0 spiro atoms. The number of carbonyl (C=O) groups excluding carboxylic acids is 2. The first-order valence-corrected chi connectivity index (χ1v) is 24.4. The van der Waals surface area contributed by atoms with Gasteiger partial charge in [-0.15, -0.1) is 0 Å². The lowest BCUT2D eigenvalue weighted by atomic mass is 10.1. The molecule has 0 rings (SSSR count). The molecule has 0 aromatic carbocycles. The van der Waals surface area contributed by atoms with E-state index in [1.165, 1.54) is 44.9 Å². The highest BCUT2D eigenvalue weighted by Gasteiger charge is 2.17. The van der Waals surface area contributed by atoms with Crippen LogP contribution in [0.15, 0.2) is 109 Å². The van der Waals surface area contributed by atoms with Gasteiger partial charge in [-0.2, -0.15) is 0 Å². The molecule has 0 radical (unpaired) electrons.